The summed E-state index contributed by atoms with van der Waals surface area (Å²) < 4.78 is 4.95. The molecule has 0 aliphatic heterocycles. The van der Waals surface area contributed by atoms with E-state index >= 15 is 0 Å². The van der Waals surface area contributed by atoms with Gasteiger partial charge >= 0.3 is 0 Å². The van der Waals surface area contributed by atoms with Gasteiger partial charge < -0.3 is 15.6 Å². The Labute approximate surface area is 83.5 Å². The predicted molar refractivity (Wildman–Crippen MR) is 55.2 cm³/mol. The van der Waals surface area contributed by atoms with Gasteiger partial charge in [-0.2, -0.15) is 0 Å². The van der Waals surface area contributed by atoms with E-state index in [0.29, 0.717) is 18.7 Å². The molecule has 3 nitrogen and oxygen atoms in total. The molecule has 1 aromatic rings. The predicted octanol–water partition coefficient (Wildman–Crippen LogP) is 1.10. The summed E-state index contributed by atoms with van der Waals surface area (Å²) in [6, 6.07) is 4.99. The molecule has 0 saturated heterocycles. The number of hydrogen-bond acceptors (Lipinski definition) is 3. The minimum absolute atomic E-state index is 0.122. The first kappa shape index (κ1) is 10.4. The van der Waals surface area contributed by atoms with E-state index in [2.05, 4.69) is 11.8 Å². The Balaban J connectivity index is 2.86. The summed E-state index contributed by atoms with van der Waals surface area (Å²) in [4.78, 5) is 0. The normalized spacial score (nSPS) is 9.00. The maximum Gasteiger partial charge on any atom is 0.161 e. The van der Waals surface area contributed by atoms with E-state index in [0.717, 1.165) is 5.56 Å². The van der Waals surface area contributed by atoms with Crippen molar-refractivity contribution in [1.29, 1.82) is 0 Å². The van der Waals surface area contributed by atoms with Crippen molar-refractivity contribution in [2.45, 2.75) is 6.42 Å². The first-order chi connectivity index (χ1) is 6.77. The van der Waals surface area contributed by atoms with Crippen molar-refractivity contribution in [1.82, 2.24) is 0 Å². The van der Waals surface area contributed by atoms with Gasteiger partial charge in [0.05, 0.1) is 7.11 Å². The largest absolute Gasteiger partial charge is 0.504 e. The molecular weight excluding hydrogens is 178 g/mol. The van der Waals surface area contributed by atoms with E-state index < -0.39 is 0 Å². The third-order valence-electron chi connectivity index (χ3n) is 1.68. The van der Waals surface area contributed by atoms with Crippen LogP contribution in [0.1, 0.15) is 12.0 Å². The van der Waals surface area contributed by atoms with Gasteiger partial charge in [0.2, 0.25) is 0 Å². The van der Waals surface area contributed by atoms with Gasteiger partial charge in [0, 0.05) is 18.5 Å². The number of phenolic OH excluding ortho intramolecular Hbond substituents is 1. The Bertz CT molecular complexity index is 363. The molecule has 0 atom stereocenters. The number of aromatic hydroxyl groups is 1. The highest BCUT2D eigenvalue weighted by Gasteiger charge is 1.99. The van der Waals surface area contributed by atoms with Crippen LogP contribution in [0.5, 0.6) is 11.5 Å². The second-order valence-electron chi connectivity index (χ2n) is 2.73. The lowest BCUT2D eigenvalue weighted by molar-refractivity contribution is 0.373. The Hall–Kier alpha value is -1.66. The molecule has 14 heavy (non-hydrogen) atoms. The average Bonchev–Trinajstić information content (AvgIpc) is 2.21. The highest BCUT2D eigenvalue weighted by molar-refractivity contribution is 5.47. The Morgan fingerprint density at radius 1 is 1.50 bits per heavy atom. The van der Waals surface area contributed by atoms with Crippen LogP contribution in [-0.4, -0.2) is 18.8 Å². The molecule has 74 valence electrons. The summed E-state index contributed by atoms with van der Waals surface area (Å²) in [7, 11) is 1.51. The quantitative estimate of drug-likeness (QED) is 0.688. The molecule has 0 radical (unpaired) electrons. The smallest absolute Gasteiger partial charge is 0.161 e. The first-order valence-corrected chi connectivity index (χ1v) is 4.34. The van der Waals surface area contributed by atoms with E-state index in [9.17, 15) is 5.11 Å². The Morgan fingerprint density at radius 2 is 2.29 bits per heavy atom. The Morgan fingerprint density at radius 3 is 2.93 bits per heavy atom. The zero-order valence-corrected chi connectivity index (χ0v) is 8.08. The highest BCUT2D eigenvalue weighted by atomic mass is 16.5. The molecule has 0 saturated carbocycles. The average molecular weight is 191 g/mol. The summed E-state index contributed by atoms with van der Waals surface area (Å²) in [5, 5.41) is 9.31. The second kappa shape index (κ2) is 5.15. The Kier molecular flexibility index (Phi) is 3.84. The van der Waals surface area contributed by atoms with Gasteiger partial charge in [0.25, 0.3) is 0 Å². The number of rotatable bonds is 2. The van der Waals surface area contributed by atoms with E-state index in [4.69, 9.17) is 10.5 Å². The SMILES string of the molecule is COc1cc(C#CCCN)ccc1O. The summed E-state index contributed by atoms with van der Waals surface area (Å²) in [5.41, 5.74) is 6.12. The van der Waals surface area contributed by atoms with Crippen LogP contribution in [0.2, 0.25) is 0 Å². The number of phenols is 1. The maximum atomic E-state index is 9.31. The van der Waals surface area contributed by atoms with E-state index in [1.165, 1.54) is 7.11 Å². The molecule has 3 N–H and O–H groups in total. The van der Waals surface area contributed by atoms with Crippen molar-refractivity contribution >= 4 is 0 Å². The van der Waals surface area contributed by atoms with Crippen molar-refractivity contribution in [3.63, 3.8) is 0 Å². The van der Waals surface area contributed by atoms with E-state index in [1.807, 2.05) is 0 Å². The fraction of sp³-hybridized carbons (Fsp3) is 0.273. The topological polar surface area (TPSA) is 55.5 Å². The molecule has 0 aliphatic carbocycles. The molecule has 0 unspecified atom stereocenters. The van der Waals surface area contributed by atoms with Crippen molar-refractivity contribution in [3.8, 4) is 23.3 Å². The second-order valence-corrected chi connectivity index (χ2v) is 2.73. The summed E-state index contributed by atoms with van der Waals surface area (Å²) in [6.07, 6.45) is 0.670. The van der Waals surface area contributed by atoms with Crippen LogP contribution >= 0.6 is 0 Å². The lowest BCUT2D eigenvalue weighted by Gasteiger charge is -2.02. The fourth-order valence-electron chi connectivity index (χ4n) is 0.992. The van der Waals surface area contributed by atoms with Crippen LogP contribution in [0.25, 0.3) is 0 Å². The number of hydrogen-bond donors (Lipinski definition) is 2. The molecule has 0 aliphatic rings. The van der Waals surface area contributed by atoms with Gasteiger partial charge in [-0.1, -0.05) is 11.8 Å². The summed E-state index contributed by atoms with van der Waals surface area (Å²) in [6.45, 7) is 0.558. The molecule has 0 heterocycles. The van der Waals surface area contributed by atoms with Gasteiger partial charge in [-0.3, -0.25) is 0 Å². The van der Waals surface area contributed by atoms with Crippen LogP contribution in [-0.2, 0) is 0 Å². The van der Waals surface area contributed by atoms with Crippen LogP contribution in [0.4, 0.5) is 0 Å². The third-order valence-corrected chi connectivity index (χ3v) is 1.68. The minimum Gasteiger partial charge on any atom is -0.504 e. The van der Waals surface area contributed by atoms with Crippen LogP contribution in [0.3, 0.4) is 0 Å². The monoisotopic (exact) mass is 191 g/mol. The molecule has 0 bridgehead atoms. The van der Waals surface area contributed by atoms with Crippen molar-refractivity contribution in [2.24, 2.45) is 5.73 Å². The summed E-state index contributed by atoms with van der Waals surface area (Å²) >= 11 is 0. The lowest BCUT2D eigenvalue weighted by Crippen LogP contribution is -1.95. The molecule has 1 aromatic carbocycles. The maximum absolute atomic E-state index is 9.31. The molecule has 0 spiro atoms. The van der Waals surface area contributed by atoms with E-state index in [1.54, 1.807) is 18.2 Å². The lowest BCUT2D eigenvalue weighted by atomic mass is 10.2. The van der Waals surface area contributed by atoms with Gasteiger partial charge in [0.15, 0.2) is 11.5 Å². The fourth-order valence-corrected chi connectivity index (χ4v) is 0.992. The van der Waals surface area contributed by atoms with Gasteiger partial charge in [-0.25, -0.2) is 0 Å². The van der Waals surface area contributed by atoms with Crippen molar-refractivity contribution < 1.29 is 9.84 Å². The van der Waals surface area contributed by atoms with Crippen LogP contribution in [0, 0.1) is 11.8 Å². The molecule has 0 fully saturated rings. The summed E-state index contributed by atoms with van der Waals surface area (Å²) in [5.74, 6) is 6.39. The zero-order chi connectivity index (χ0) is 10.4. The highest BCUT2D eigenvalue weighted by Crippen LogP contribution is 2.25. The molecule has 3 heteroatoms. The number of ether oxygens (including phenoxy) is 1. The van der Waals surface area contributed by atoms with Crippen molar-refractivity contribution in [3.05, 3.63) is 23.8 Å². The van der Waals surface area contributed by atoms with Gasteiger partial charge in [0.1, 0.15) is 0 Å². The molecular formula is C11H13NO2. The molecule has 0 amide bonds. The standard InChI is InChI=1S/C11H13NO2/c1-14-11-8-9(4-2-3-7-12)5-6-10(11)13/h5-6,8,13H,3,7,12H2,1H3. The van der Waals surface area contributed by atoms with Gasteiger partial charge in [-0.05, 0) is 18.2 Å². The number of benzene rings is 1. The number of methoxy groups -OCH3 is 1. The van der Waals surface area contributed by atoms with Crippen molar-refractivity contribution in [2.75, 3.05) is 13.7 Å². The van der Waals surface area contributed by atoms with Crippen LogP contribution < -0.4 is 10.5 Å². The van der Waals surface area contributed by atoms with Gasteiger partial charge in [-0.15, -0.1) is 0 Å². The zero-order valence-electron chi connectivity index (χ0n) is 8.08. The van der Waals surface area contributed by atoms with E-state index in [-0.39, 0.29) is 5.75 Å². The molecule has 0 aromatic heterocycles. The molecule has 1 rings (SSSR count). The van der Waals surface area contributed by atoms with Crippen LogP contribution in [0.15, 0.2) is 18.2 Å². The third kappa shape index (κ3) is 2.68. The minimum atomic E-state index is 0.122. The number of nitrogens with two attached hydrogens (primary N) is 1. The first-order valence-electron chi connectivity index (χ1n) is 4.34.